The number of hydrogen-bond acceptors (Lipinski definition) is 2. The lowest BCUT2D eigenvalue weighted by atomic mass is 9.94. The fourth-order valence-corrected chi connectivity index (χ4v) is 1.71. The van der Waals surface area contributed by atoms with Crippen molar-refractivity contribution in [2.24, 2.45) is 5.92 Å². The molecule has 0 amide bonds. The van der Waals surface area contributed by atoms with Crippen molar-refractivity contribution in [1.29, 1.82) is 0 Å². The smallest absolute Gasteiger partial charge is 0.317 e. The Labute approximate surface area is 78.7 Å². The molecular formula is C10H15NO2. The van der Waals surface area contributed by atoms with Crippen LogP contribution in [-0.2, 0) is 4.79 Å². The number of carbonyl (C=O) groups is 1. The number of carboxylic acid groups (broad SMARTS) is 1. The number of hydrogen-bond donors (Lipinski definition) is 1. The molecule has 0 radical (unpaired) electrons. The number of carboxylic acids is 1. The lowest BCUT2D eigenvalue weighted by Gasteiger charge is -2.29. The van der Waals surface area contributed by atoms with E-state index in [1.54, 1.807) is 0 Å². The van der Waals surface area contributed by atoms with Crippen LogP contribution in [0.15, 0.2) is 0 Å². The van der Waals surface area contributed by atoms with E-state index in [1.807, 2.05) is 4.90 Å². The monoisotopic (exact) mass is 181 g/mol. The van der Waals surface area contributed by atoms with Crippen molar-refractivity contribution >= 4 is 5.97 Å². The van der Waals surface area contributed by atoms with E-state index in [-0.39, 0.29) is 6.54 Å². The minimum absolute atomic E-state index is 0.169. The molecule has 72 valence electrons. The highest BCUT2D eigenvalue weighted by atomic mass is 16.4. The summed E-state index contributed by atoms with van der Waals surface area (Å²) in [5.41, 5.74) is 0. The largest absolute Gasteiger partial charge is 0.480 e. The highest BCUT2D eigenvalue weighted by Gasteiger charge is 2.19. The van der Waals surface area contributed by atoms with Gasteiger partial charge in [0.25, 0.3) is 0 Å². The van der Waals surface area contributed by atoms with Crippen molar-refractivity contribution in [3.63, 3.8) is 0 Å². The Hall–Kier alpha value is -1.01. The van der Waals surface area contributed by atoms with Crippen LogP contribution in [0.2, 0.25) is 0 Å². The zero-order chi connectivity index (χ0) is 9.68. The number of likely N-dealkylation sites (tertiary alicyclic amines) is 1. The minimum Gasteiger partial charge on any atom is -0.480 e. The first-order chi connectivity index (χ1) is 6.22. The molecule has 0 unspecified atom stereocenters. The molecule has 13 heavy (non-hydrogen) atoms. The fourth-order valence-electron chi connectivity index (χ4n) is 1.71. The van der Waals surface area contributed by atoms with Gasteiger partial charge in [0.15, 0.2) is 0 Å². The van der Waals surface area contributed by atoms with Gasteiger partial charge in [-0.05, 0) is 31.8 Å². The maximum atomic E-state index is 10.4. The van der Waals surface area contributed by atoms with E-state index in [2.05, 4.69) is 5.92 Å². The van der Waals surface area contributed by atoms with Crippen molar-refractivity contribution in [3.05, 3.63) is 0 Å². The van der Waals surface area contributed by atoms with E-state index in [0.29, 0.717) is 5.92 Å². The van der Waals surface area contributed by atoms with E-state index in [1.165, 1.54) is 0 Å². The summed E-state index contributed by atoms with van der Waals surface area (Å²) in [7, 11) is 0. The zero-order valence-corrected chi connectivity index (χ0v) is 7.70. The summed E-state index contributed by atoms with van der Waals surface area (Å²) in [4.78, 5) is 12.4. The van der Waals surface area contributed by atoms with Gasteiger partial charge in [0.05, 0.1) is 6.54 Å². The molecule has 3 heteroatoms. The number of nitrogens with zero attached hydrogens (tertiary/aromatic N) is 1. The summed E-state index contributed by atoms with van der Waals surface area (Å²) < 4.78 is 0. The van der Waals surface area contributed by atoms with Gasteiger partial charge < -0.3 is 5.11 Å². The van der Waals surface area contributed by atoms with Gasteiger partial charge >= 0.3 is 5.97 Å². The molecule has 0 bridgehead atoms. The van der Waals surface area contributed by atoms with Gasteiger partial charge in [0, 0.05) is 6.42 Å². The fraction of sp³-hybridized carbons (Fsp3) is 0.700. The van der Waals surface area contributed by atoms with E-state index in [9.17, 15) is 4.79 Å². The maximum Gasteiger partial charge on any atom is 0.317 e. The van der Waals surface area contributed by atoms with Crippen LogP contribution < -0.4 is 0 Å². The van der Waals surface area contributed by atoms with Gasteiger partial charge in [-0.15, -0.1) is 12.3 Å². The molecule has 1 heterocycles. The minimum atomic E-state index is -0.740. The number of aliphatic carboxylic acids is 1. The Bertz CT molecular complexity index is 211. The molecule has 0 aromatic rings. The lowest BCUT2D eigenvalue weighted by Crippen LogP contribution is -2.37. The van der Waals surface area contributed by atoms with Gasteiger partial charge in [0.1, 0.15) is 0 Å². The van der Waals surface area contributed by atoms with Gasteiger partial charge in [-0.25, -0.2) is 0 Å². The second-order valence-electron chi connectivity index (χ2n) is 3.52. The first kappa shape index (κ1) is 10.1. The molecule has 1 N–H and O–H groups in total. The van der Waals surface area contributed by atoms with Crippen LogP contribution in [0, 0.1) is 18.3 Å². The summed E-state index contributed by atoms with van der Waals surface area (Å²) in [5.74, 6) is 2.52. The average Bonchev–Trinajstić information content (AvgIpc) is 2.08. The number of piperidine rings is 1. The van der Waals surface area contributed by atoms with Crippen LogP contribution >= 0.6 is 0 Å². The third-order valence-electron chi connectivity index (χ3n) is 2.47. The second-order valence-corrected chi connectivity index (χ2v) is 3.52. The highest BCUT2D eigenvalue weighted by molar-refractivity contribution is 5.69. The Morgan fingerprint density at radius 2 is 2.15 bits per heavy atom. The Kier molecular flexibility index (Phi) is 3.78. The van der Waals surface area contributed by atoms with E-state index < -0.39 is 5.97 Å². The molecule has 0 atom stereocenters. The van der Waals surface area contributed by atoms with Crippen LogP contribution in [0.25, 0.3) is 0 Å². The first-order valence-corrected chi connectivity index (χ1v) is 4.60. The van der Waals surface area contributed by atoms with Crippen molar-refractivity contribution in [3.8, 4) is 12.3 Å². The normalized spacial score (nSPS) is 19.6. The van der Waals surface area contributed by atoms with Gasteiger partial charge in [-0.3, -0.25) is 9.69 Å². The summed E-state index contributed by atoms with van der Waals surface area (Å²) >= 11 is 0. The van der Waals surface area contributed by atoms with Crippen LogP contribution in [0.5, 0.6) is 0 Å². The predicted octanol–water partition coefficient (Wildman–Crippen LogP) is 0.806. The van der Waals surface area contributed by atoms with E-state index >= 15 is 0 Å². The topological polar surface area (TPSA) is 40.5 Å². The number of terminal acetylenes is 1. The van der Waals surface area contributed by atoms with Crippen LogP contribution in [0.1, 0.15) is 19.3 Å². The quantitative estimate of drug-likeness (QED) is 0.655. The van der Waals surface area contributed by atoms with E-state index in [4.69, 9.17) is 11.5 Å². The maximum absolute atomic E-state index is 10.4. The SMILES string of the molecule is C#CCC1CCN(CC(=O)O)CC1. The summed E-state index contributed by atoms with van der Waals surface area (Å²) in [5, 5.41) is 8.56. The molecule has 0 spiro atoms. The van der Waals surface area contributed by atoms with Gasteiger partial charge in [-0.2, -0.15) is 0 Å². The summed E-state index contributed by atoms with van der Waals surface area (Å²) in [6, 6.07) is 0. The summed E-state index contributed by atoms with van der Waals surface area (Å²) in [6.45, 7) is 1.92. The molecule has 1 saturated heterocycles. The first-order valence-electron chi connectivity index (χ1n) is 4.60. The van der Waals surface area contributed by atoms with Crippen molar-refractivity contribution in [1.82, 2.24) is 4.90 Å². The van der Waals surface area contributed by atoms with Gasteiger partial charge in [0.2, 0.25) is 0 Å². The molecule has 0 aliphatic carbocycles. The van der Waals surface area contributed by atoms with Gasteiger partial charge in [-0.1, -0.05) is 0 Å². The standard InChI is InChI=1S/C10H15NO2/c1-2-3-9-4-6-11(7-5-9)8-10(12)13/h1,9H,3-8H2,(H,12,13). The molecule has 1 fully saturated rings. The van der Waals surface area contributed by atoms with Crippen molar-refractivity contribution < 1.29 is 9.90 Å². The second kappa shape index (κ2) is 4.88. The molecule has 1 rings (SSSR count). The molecule has 3 nitrogen and oxygen atoms in total. The molecule has 0 aromatic carbocycles. The predicted molar refractivity (Wildman–Crippen MR) is 50.2 cm³/mol. The summed E-state index contributed by atoms with van der Waals surface area (Å²) in [6.07, 6.45) is 8.13. The van der Waals surface area contributed by atoms with E-state index in [0.717, 1.165) is 32.4 Å². The van der Waals surface area contributed by atoms with Crippen molar-refractivity contribution in [2.45, 2.75) is 19.3 Å². The Morgan fingerprint density at radius 1 is 1.54 bits per heavy atom. The lowest BCUT2D eigenvalue weighted by molar-refractivity contribution is -0.138. The van der Waals surface area contributed by atoms with Crippen molar-refractivity contribution in [2.75, 3.05) is 19.6 Å². The molecule has 0 aromatic heterocycles. The van der Waals surface area contributed by atoms with Crippen LogP contribution in [-0.4, -0.2) is 35.6 Å². The zero-order valence-electron chi connectivity index (χ0n) is 7.70. The molecule has 1 aliphatic heterocycles. The number of rotatable bonds is 3. The highest BCUT2D eigenvalue weighted by Crippen LogP contribution is 2.19. The van der Waals surface area contributed by atoms with Crippen LogP contribution in [0.4, 0.5) is 0 Å². The molecular weight excluding hydrogens is 166 g/mol. The average molecular weight is 181 g/mol. The Balaban J connectivity index is 2.23. The van der Waals surface area contributed by atoms with Crippen LogP contribution in [0.3, 0.4) is 0 Å². The third kappa shape index (κ3) is 3.47. The Morgan fingerprint density at radius 3 is 2.62 bits per heavy atom. The molecule has 0 saturated carbocycles. The molecule has 1 aliphatic rings. The third-order valence-corrected chi connectivity index (χ3v) is 2.47.